The summed E-state index contributed by atoms with van der Waals surface area (Å²) >= 11 is 0.713. The van der Waals surface area contributed by atoms with Crippen molar-refractivity contribution in [3.8, 4) is 0 Å². The highest BCUT2D eigenvalue weighted by atomic mass is 32.1. The molecule has 2 rings (SSSR count). The highest BCUT2D eigenvalue weighted by molar-refractivity contribution is 7.11. The first-order chi connectivity index (χ1) is 9.52. The van der Waals surface area contributed by atoms with Gasteiger partial charge < -0.3 is 10.1 Å². The summed E-state index contributed by atoms with van der Waals surface area (Å²) in [5.74, 6) is 0. The first-order valence-corrected chi connectivity index (χ1v) is 7.72. The summed E-state index contributed by atoms with van der Waals surface area (Å²) in [6, 6.07) is -0.191. The van der Waals surface area contributed by atoms with Gasteiger partial charge in [-0.1, -0.05) is 6.92 Å². The van der Waals surface area contributed by atoms with Crippen molar-refractivity contribution in [2.24, 2.45) is 0 Å². The Kier molecular flexibility index (Phi) is 5.40. The average Bonchev–Trinajstić information content (AvgIpc) is 2.90. The molecule has 0 saturated carbocycles. The molecule has 2 atom stereocenters. The van der Waals surface area contributed by atoms with E-state index < -0.39 is 11.2 Å². The summed E-state index contributed by atoms with van der Waals surface area (Å²) in [6.07, 6.45) is 0.781. The van der Waals surface area contributed by atoms with Crippen LogP contribution in [0.25, 0.3) is 0 Å². The molecule has 2 heterocycles. The van der Waals surface area contributed by atoms with Gasteiger partial charge in [0.05, 0.1) is 12.1 Å². The Balaban J connectivity index is 2.14. The number of halogens is 3. The monoisotopic (exact) mass is 308 g/mol. The first kappa shape index (κ1) is 15.7. The van der Waals surface area contributed by atoms with Crippen molar-refractivity contribution in [1.29, 1.82) is 0 Å². The Morgan fingerprint density at radius 1 is 1.50 bits per heavy atom. The van der Waals surface area contributed by atoms with Crippen molar-refractivity contribution in [2.75, 3.05) is 13.2 Å². The standard InChI is InChI=1S/C13H19F3N2OS/c1-2-6-17-11(9-5-3-4-7-19-9)10-8-18-12(20-10)13(14,15)16/h8-9,11,17H,2-7H2,1H3. The Bertz CT molecular complexity index is 416. The van der Waals surface area contributed by atoms with Crippen molar-refractivity contribution < 1.29 is 17.9 Å². The van der Waals surface area contributed by atoms with Crippen LogP contribution in [0.15, 0.2) is 6.20 Å². The van der Waals surface area contributed by atoms with E-state index in [1.54, 1.807) is 0 Å². The van der Waals surface area contributed by atoms with E-state index in [2.05, 4.69) is 10.3 Å². The number of ether oxygens (including phenoxy) is 1. The summed E-state index contributed by atoms with van der Waals surface area (Å²) in [5, 5.41) is 2.51. The third-order valence-electron chi connectivity index (χ3n) is 3.27. The maximum absolute atomic E-state index is 12.7. The van der Waals surface area contributed by atoms with Crippen LogP contribution < -0.4 is 5.32 Å². The van der Waals surface area contributed by atoms with E-state index in [-0.39, 0.29) is 12.1 Å². The second-order valence-corrected chi connectivity index (χ2v) is 5.96. The molecule has 3 nitrogen and oxygen atoms in total. The third kappa shape index (κ3) is 3.93. The average molecular weight is 308 g/mol. The molecule has 20 heavy (non-hydrogen) atoms. The molecule has 1 fully saturated rings. The number of aromatic nitrogens is 1. The minimum Gasteiger partial charge on any atom is -0.376 e. The van der Waals surface area contributed by atoms with Crippen molar-refractivity contribution in [1.82, 2.24) is 10.3 Å². The lowest BCUT2D eigenvalue weighted by Crippen LogP contribution is -2.35. The van der Waals surface area contributed by atoms with Gasteiger partial charge in [-0.05, 0) is 32.2 Å². The van der Waals surface area contributed by atoms with Crippen molar-refractivity contribution in [3.63, 3.8) is 0 Å². The molecule has 0 bridgehead atoms. The van der Waals surface area contributed by atoms with Crippen LogP contribution >= 0.6 is 11.3 Å². The molecule has 1 aliphatic heterocycles. The van der Waals surface area contributed by atoms with Gasteiger partial charge >= 0.3 is 6.18 Å². The Labute approximate surface area is 120 Å². The molecular formula is C13H19F3N2OS. The summed E-state index contributed by atoms with van der Waals surface area (Å²) < 4.78 is 43.7. The minimum atomic E-state index is -4.37. The lowest BCUT2D eigenvalue weighted by molar-refractivity contribution is -0.137. The smallest absolute Gasteiger partial charge is 0.376 e. The van der Waals surface area contributed by atoms with Gasteiger partial charge in [-0.15, -0.1) is 11.3 Å². The Morgan fingerprint density at radius 3 is 2.85 bits per heavy atom. The maximum atomic E-state index is 12.7. The van der Waals surface area contributed by atoms with E-state index in [1.165, 1.54) is 6.20 Å². The number of alkyl halides is 3. The highest BCUT2D eigenvalue weighted by Gasteiger charge is 2.36. The summed E-state index contributed by atoms with van der Waals surface area (Å²) in [7, 11) is 0. The van der Waals surface area contributed by atoms with Gasteiger partial charge in [-0.25, -0.2) is 4.98 Å². The third-order valence-corrected chi connectivity index (χ3v) is 4.40. The molecule has 1 aromatic rings. The minimum absolute atomic E-state index is 0.0585. The van der Waals surface area contributed by atoms with E-state index in [9.17, 15) is 13.2 Å². The van der Waals surface area contributed by atoms with Gasteiger partial charge in [0.15, 0.2) is 5.01 Å². The fourth-order valence-electron chi connectivity index (χ4n) is 2.31. The molecule has 1 aliphatic rings. The summed E-state index contributed by atoms with van der Waals surface area (Å²) in [4.78, 5) is 4.12. The Hall–Kier alpha value is -0.660. The lowest BCUT2D eigenvalue weighted by atomic mass is 10.0. The quantitative estimate of drug-likeness (QED) is 0.899. The van der Waals surface area contributed by atoms with E-state index in [1.807, 2.05) is 6.92 Å². The van der Waals surface area contributed by atoms with Gasteiger partial charge in [0.25, 0.3) is 0 Å². The molecule has 1 saturated heterocycles. The van der Waals surface area contributed by atoms with E-state index in [0.29, 0.717) is 22.8 Å². The van der Waals surface area contributed by atoms with Crippen LogP contribution in [0.1, 0.15) is 48.5 Å². The SMILES string of the molecule is CCCNC(c1cnc(C(F)(F)F)s1)C1CCCCO1. The number of hydrogen-bond acceptors (Lipinski definition) is 4. The van der Waals surface area contributed by atoms with E-state index >= 15 is 0 Å². The molecule has 0 radical (unpaired) electrons. The van der Waals surface area contributed by atoms with Gasteiger partial charge in [0.1, 0.15) is 0 Å². The van der Waals surface area contributed by atoms with Crippen molar-refractivity contribution in [2.45, 2.75) is 50.9 Å². The largest absolute Gasteiger partial charge is 0.443 e. The van der Waals surface area contributed by atoms with Gasteiger partial charge in [-0.2, -0.15) is 13.2 Å². The van der Waals surface area contributed by atoms with Crippen LogP contribution in [0.3, 0.4) is 0 Å². The molecule has 7 heteroatoms. The molecule has 1 N–H and O–H groups in total. The van der Waals surface area contributed by atoms with Crippen LogP contribution in [-0.2, 0) is 10.9 Å². The second-order valence-electron chi connectivity index (χ2n) is 4.90. The van der Waals surface area contributed by atoms with Crippen LogP contribution in [0, 0.1) is 0 Å². The molecule has 0 spiro atoms. The van der Waals surface area contributed by atoms with Crippen LogP contribution in [-0.4, -0.2) is 24.2 Å². The number of thiazole rings is 1. The fourth-order valence-corrected chi connectivity index (χ4v) is 3.22. The number of nitrogens with zero attached hydrogens (tertiary/aromatic N) is 1. The van der Waals surface area contributed by atoms with E-state index in [4.69, 9.17) is 4.74 Å². The molecule has 0 amide bonds. The zero-order valence-corrected chi connectivity index (χ0v) is 12.2. The molecular weight excluding hydrogens is 289 g/mol. The summed E-state index contributed by atoms with van der Waals surface area (Å²) in [6.45, 7) is 3.46. The molecule has 0 aromatic carbocycles. The van der Waals surface area contributed by atoms with Crippen LogP contribution in [0.4, 0.5) is 13.2 Å². The summed E-state index contributed by atoms with van der Waals surface area (Å²) in [5.41, 5.74) is 0. The Morgan fingerprint density at radius 2 is 2.30 bits per heavy atom. The van der Waals surface area contributed by atoms with Crippen LogP contribution in [0.5, 0.6) is 0 Å². The van der Waals surface area contributed by atoms with Gasteiger partial charge in [0, 0.05) is 17.7 Å². The zero-order chi connectivity index (χ0) is 14.6. The van der Waals surface area contributed by atoms with Gasteiger partial charge in [-0.3, -0.25) is 0 Å². The first-order valence-electron chi connectivity index (χ1n) is 6.90. The van der Waals surface area contributed by atoms with Crippen LogP contribution in [0.2, 0.25) is 0 Å². The number of rotatable bonds is 5. The van der Waals surface area contributed by atoms with E-state index in [0.717, 1.165) is 32.2 Å². The highest BCUT2D eigenvalue weighted by Crippen LogP contribution is 2.36. The molecule has 1 aromatic heterocycles. The normalized spacial score (nSPS) is 21.9. The lowest BCUT2D eigenvalue weighted by Gasteiger charge is -2.30. The van der Waals surface area contributed by atoms with Crippen molar-refractivity contribution >= 4 is 11.3 Å². The topological polar surface area (TPSA) is 34.2 Å². The fraction of sp³-hybridized carbons (Fsp3) is 0.769. The predicted octanol–water partition coefficient (Wildman–Crippen LogP) is 3.77. The van der Waals surface area contributed by atoms with Crippen molar-refractivity contribution in [3.05, 3.63) is 16.1 Å². The molecule has 114 valence electrons. The molecule has 0 aliphatic carbocycles. The zero-order valence-electron chi connectivity index (χ0n) is 11.4. The second kappa shape index (κ2) is 6.87. The van der Waals surface area contributed by atoms with Gasteiger partial charge in [0.2, 0.25) is 0 Å². The predicted molar refractivity (Wildman–Crippen MR) is 71.7 cm³/mol. The molecule has 2 unspecified atom stereocenters. The number of hydrogen-bond donors (Lipinski definition) is 1. The maximum Gasteiger partial charge on any atom is 0.443 e. The number of nitrogens with one attached hydrogen (secondary N) is 1.